The highest BCUT2D eigenvalue weighted by Crippen LogP contribution is 2.10. The number of rotatable bonds is 5. The minimum absolute atomic E-state index is 0.123. The van der Waals surface area contributed by atoms with Gasteiger partial charge in [-0.15, -0.1) is 0 Å². The first kappa shape index (κ1) is 13.3. The lowest BCUT2D eigenvalue weighted by Crippen LogP contribution is -2.16. The maximum Gasteiger partial charge on any atom is 0.226 e. The Morgan fingerprint density at radius 1 is 1.47 bits per heavy atom. The third-order valence-electron chi connectivity index (χ3n) is 2.51. The summed E-state index contributed by atoms with van der Waals surface area (Å²) in [5, 5.41) is 7.54. The summed E-state index contributed by atoms with van der Waals surface area (Å²) in [5.74, 6) is -0.253. The lowest BCUT2D eigenvalue weighted by molar-refractivity contribution is -0.115. The molecule has 1 N–H and O–H groups in total. The Morgan fingerprint density at radius 3 is 2.95 bits per heavy atom. The zero-order valence-corrected chi connectivity index (χ0v) is 10.9. The second-order valence-electron chi connectivity index (χ2n) is 3.93. The lowest BCUT2D eigenvalue weighted by Gasteiger charge is -2.00. The molecule has 100 valence electrons. The van der Waals surface area contributed by atoms with Gasteiger partial charge in [-0.1, -0.05) is 12.6 Å². The number of nitrogens with zero attached hydrogens (tertiary/aromatic N) is 2. The molecule has 0 aliphatic heterocycles. The molecule has 0 atom stereocenters. The van der Waals surface area contributed by atoms with Crippen LogP contribution in [0, 0.1) is 0 Å². The first-order valence-corrected chi connectivity index (χ1v) is 7.31. The molecule has 2 aromatic rings. The quantitative estimate of drug-likeness (QED) is 0.892. The van der Waals surface area contributed by atoms with E-state index < -0.39 is 15.7 Å². The van der Waals surface area contributed by atoms with Gasteiger partial charge < -0.3 is 5.32 Å². The van der Waals surface area contributed by atoms with E-state index in [1.54, 1.807) is 16.8 Å². The fraction of sp³-hybridized carbons (Fsp3) is 0.167. The average molecular weight is 279 g/mol. The first-order valence-electron chi connectivity index (χ1n) is 5.60. The van der Waals surface area contributed by atoms with Crippen molar-refractivity contribution >= 4 is 27.1 Å². The summed E-state index contributed by atoms with van der Waals surface area (Å²) >= 11 is 0. The van der Waals surface area contributed by atoms with Crippen LogP contribution < -0.4 is 5.32 Å². The standard InChI is InChI=1S/C12H13N3O3S/c1-2-19(17,18)8-6-12(16)13-11-9-10-5-3-4-7-15(10)14-11/h2-5,7,9H,1,6,8H2,(H,13,14,16). The third-order valence-corrected chi connectivity index (χ3v) is 3.79. The number of carbonyl (C=O) groups excluding carboxylic acids is 1. The number of nitrogens with one attached hydrogen (secondary N) is 1. The number of aromatic nitrogens is 2. The Balaban J connectivity index is 2.01. The maximum atomic E-state index is 11.6. The van der Waals surface area contributed by atoms with Crippen LogP contribution in [0.5, 0.6) is 0 Å². The van der Waals surface area contributed by atoms with Crippen LogP contribution in [0.4, 0.5) is 5.82 Å². The Hall–Kier alpha value is -2.15. The monoisotopic (exact) mass is 279 g/mol. The van der Waals surface area contributed by atoms with Gasteiger partial charge in [0.2, 0.25) is 5.91 Å². The van der Waals surface area contributed by atoms with E-state index in [0.29, 0.717) is 5.82 Å². The Morgan fingerprint density at radius 2 is 2.26 bits per heavy atom. The number of carbonyl (C=O) groups is 1. The van der Waals surface area contributed by atoms with E-state index in [4.69, 9.17) is 0 Å². The molecular weight excluding hydrogens is 266 g/mol. The third kappa shape index (κ3) is 3.41. The van der Waals surface area contributed by atoms with Crippen molar-refractivity contribution in [3.63, 3.8) is 0 Å². The predicted octanol–water partition coefficient (Wildman–Crippen LogP) is 1.22. The Kier molecular flexibility index (Phi) is 3.66. The molecule has 7 heteroatoms. The molecule has 0 aliphatic carbocycles. The highest BCUT2D eigenvalue weighted by atomic mass is 32.2. The smallest absolute Gasteiger partial charge is 0.226 e. The lowest BCUT2D eigenvalue weighted by atomic mass is 10.4. The van der Waals surface area contributed by atoms with Gasteiger partial charge in [0, 0.05) is 24.1 Å². The van der Waals surface area contributed by atoms with E-state index in [0.717, 1.165) is 10.9 Å². The summed E-state index contributed by atoms with van der Waals surface area (Å²) in [4.78, 5) is 11.6. The van der Waals surface area contributed by atoms with Crippen molar-refractivity contribution in [2.75, 3.05) is 11.1 Å². The van der Waals surface area contributed by atoms with Crippen molar-refractivity contribution in [3.8, 4) is 0 Å². The van der Waals surface area contributed by atoms with Crippen molar-refractivity contribution in [1.29, 1.82) is 0 Å². The van der Waals surface area contributed by atoms with Crippen molar-refractivity contribution < 1.29 is 13.2 Å². The van der Waals surface area contributed by atoms with Gasteiger partial charge in [0.25, 0.3) is 0 Å². The normalized spacial score (nSPS) is 11.4. The Bertz CT molecular complexity index is 686. The fourth-order valence-electron chi connectivity index (χ4n) is 1.52. The van der Waals surface area contributed by atoms with Gasteiger partial charge in [0.1, 0.15) is 0 Å². The first-order chi connectivity index (χ1) is 9.00. The summed E-state index contributed by atoms with van der Waals surface area (Å²) in [6.45, 7) is 3.19. The summed E-state index contributed by atoms with van der Waals surface area (Å²) in [6, 6.07) is 7.24. The van der Waals surface area contributed by atoms with Crippen LogP contribution in [-0.2, 0) is 14.6 Å². The summed E-state index contributed by atoms with van der Waals surface area (Å²) in [7, 11) is -3.35. The van der Waals surface area contributed by atoms with E-state index in [9.17, 15) is 13.2 Å². The number of fused-ring (bicyclic) bond motifs is 1. The number of sulfone groups is 1. The molecule has 0 bridgehead atoms. The number of hydrogen-bond acceptors (Lipinski definition) is 4. The fourth-order valence-corrected chi connectivity index (χ4v) is 2.16. The number of pyridine rings is 1. The van der Waals surface area contributed by atoms with Gasteiger partial charge in [0.05, 0.1) is 11.3 Å². The van der Waals surface area contributed by atoms with E-state index in [-0.39, 0.29) is 12.2 Å². The SMILES string of the molecule is C=CS(=O)(=O)CCC(=O)Nc1cc2ccccn2n1. The van der Waals surface area contributed by atoms with Crippen LogP contribution >= 0.6 is 0 Å². The number of anilines is 1. The molecule has 2 heterocycles. The number of amides is 1. The van der Waals surface area contributed by atoms with Crippen LogP contribution in [0.2, 0.25) is 0 Å². The van der Waals surface area contributed by atoms with E-state index in [1.807, 2.05) is 18.2 Å². The highest BCUT2D eigenvalue weighted by molar-refractivity contribution is 7.94. The zero-order chi connectivity index (χ0) is 13.9. The molecule has 0 saturated carbocycles. The molecular formula is C12H13N3O3S. The summed E-state index contributed by atoms with van der Waals surface area (Å²) in [6.07, 6.45) is 1.63. The van der Waals surface area contributed by atoms with Crippen molar-refractivity contribution in [1.82, 2.24) is 9.61 Å². The molecule has 0 radical (unpaired) electrons. The largest absolute Gasteiger partial charge is 0.309 e. The van der Waals surface area contributed by atoms with Crippen molar-refractivity contribution in [2.24, 2.45) is 0 Å². The molecule has 1 amide bonds. The second-order valence-corrected chi connectivity index (χ2v) is 6.00. The number of hydrogen-bond donors (Lipinski definition) is 1. The molecule has 0 unspecified atom stereocenters. The van der Waals surface area contributed by atoms with Gasteiger partial charge in [0.15, 0.2) is 15.7 Å². The van der Waals surface area contributed by atoms with Crippen LogP contribution in [-0.4, -0.2) is 29.7 Å². The van der Waals surface area contributed by atoms with E-state index >= 15 is 0 Å². The molecule has 0 fully saturated rings. The molecule has 2 aromatic heterocycles. The molecule has 6 nitrogen and oxygen atoms in total. The topological polar surface area (TPSA) is 80.5 Å². The molecule has 2 rings (SSSR count). The van der Waals surface area contributed by atoms with Crippen molar-refractivity contribution in [2.45, 2.75) is 6.42 Å². The van der Waals surface area contributed by atoms with E-state index in [1.165, 1.54) is 0 Å². The Labute approximate surface area is 110 Å². The highest BCUT2D eigenvalue weighted by Gasteiger charge is 2.11. The van der Waals surface area contributed by atoms with Gasteiger partial charge in [-0.05, 0) is 12.1 Å². The van der Waals surface area contributed by atoms with Crippen LogP contribution in [0.25, 0.3) is 5.52 Å². The van der Waals surface area contributed by atoms with Gasteiger partial charge in [-0.25, -0.2) is 12.9 Å². The maximum absolute atomic E-state index is 11.6. The van der Waals surface area contributed by atoms with Crippen molar-refractivity contribution in [3.05, 3.63) is 42.4 Å². The molecule has 0 aliphatic rings. The van der Waals surface area contributed by atoms with Crippen LogP contribution in [0.3, 0.4) is 0 Å². The van der Waals surface area contributed by atoms with E-state index in [2.05, 4.69) is 17.0 Å². The second kappa shape index (κ2) is 5.23. The van der Waals surface area contributed by atoms with Gasteiger partial charge >= 0.3 is 0 Å². The molecule has 0 aromatic carbocycles. The minimum Gasteiger partial charge on any atom is -0.309 e. The van der Waals surface area contributed by atoms with Gasteiger partial charge in [-0.3, -0.25) is 4.79 Å². The predicted molar refractivity (Wildman–Crippen MR) is 72.4 cm³/mol. The van der Waals surface area contributed by atoms with Gasteiger partial charge in [-0.2, -0.15) is 5.10 Å². The molecule has 0 saturated heterocycles. The zero-order valence-electron chi connectivity index (χ0n) is 10.1. The summed E-state index contributed by atoms with van der Waals surface area (Å²) < 4.78 is 24.0. The minimum atomic E-state index is -3.35. The summed E-state index contributed by atoms with van der Waals surface area (Å²) in [5.41, 5.74) is 0.844. The molecule has 19 heavy (non-hydrogen) atoms. The van der Waals surface area contributed by atoms with Crippen LogP contribution in [0.1, 0.15) is 6.42 Å². The van der Waals surface area contributed by atoms with Crippen LogP contribution in [0.15, 0.2) is 42.4 Å². The molecule has 0 spiro atoms. The average Bonchev–Trinajstić information content (AvgIpc) is 2.78.